The van der Waals surface area contributed by atoms with E-state index in [2.05, 4.69) is 48.3 Å². The second-order valence-corrected chi connectivity index (χ2v) is 7.37. The minimum Gasteiger partial charge on any atom is -0.352 e. The van der Waals surface area contributed by atoms with Gasteiger partial charge in [0.25, 0.3) is 0 Å². The summed E-state index contributed by atoms with van der Waals surface area (Å²) in [5, 5.41) is 3.83. The Labute approximate surface area is 161 Å². The fourth-order valence-electron chi connectivity index (χ4n) is 3.39. The van der Waals surface area contributed by atoms with Crippen molar-refractivity contribution in [2.75, 3.05) is 13.1 Å². The van der Waals surface area contributed by atoms with E-state index in [1.54, 1.807) is 0 Å². The van der Waals surface area contributed by atoms with Crippen molar-refractivity contribution in [1.29, 1.82) is 0 Å². The Balaban J connectivity index is 1.49. The maximum absolute atomic E-state index is 12.4. The van der Waals surface area contributed by atoms with Crippen molar-refractivity contribution in [1.82, 2.24) is 10.2 Å². The summed E-state index contributed by atoms with van der Waals surface area (Å²) in [4.78, 5) is 14.8. The standard InChI is InChI=1S/C22H27ClN2O/c1-3-25(4-2)15-17-11-9-16(10-12-17)14-24-22(26)20-13-19(20)18-7-5-6-8-21(18)23/h5-12,19-20H,3-4,13-15H2,1-2H3,(H,24,26). The van der Waals surface area contributed by atoms with Crippen LogP contribution >= 0.6 is 11.6 Å². The van der Waals surface area contributed by atoms with Gasteiger partial charge in [0, 0.05) is 24.0 Å². The number of amides is 1. The summed E-state index contributed by atoms with van der Waals surface area (Å²) in [6.45, 7) is 8.03. The first-order valence-electron chi connectivity index (χ1n) is 9.44. The number of nitrogens with zero attached hydrogens (tertiary/aromatic N) is 1. The zero-order valence-electron chi connectivity index (χ0n) is 15.5. The largest absolute Gasteiger partial charge is 0.352 e. The van der Waals surface area contributed by atoms with Gasteiger partial charge in [-0.1, -0.05) is 67.9 Å². The van der Waals surface area contributed by atoms with Crippen LogP contribution in [0.2, 0.25) is 5.02 Å². The second kappa shape index (κ2) is 8.70. The van der Waals surface area contributed by atoms with E-state index in [9.17, 15) is 4.79 Å². The number of rotatable bonds is 8. The van der Waals surface area contributed by atoms with Gasteiger partial charge in [0.2, 0.25) is 5.91 Å². The van der Waals surface area contributed by atoms with Gasteiger partial charge in [-0.25, -0.2) is 0 Å². The van der Waals surface area contributed by atoms with Crippen molar-refractivity contribution >= 4 is 17.5 Å². The molecular formula is C22H27ClN2O. The van der Waals surface area contributed by atoms with E-state index in [1.807, 2.05) is 24.3 Å². The van der Waals surface area contributed by atoms with Gasteiger partial charge in [-0.2, -0.15) is 0 Å². The summed E-state index contributed by atoms with van der Waals surface area (Å²) in [6, 6.07) is 16.3. The summed E-state index contributed by atoms with van der Waals surface area (Å²) in [7, 11) is 0. The van der Waals surface area contributed by atoms with Crippen LogP contribution < -0.4 is 5.32 Å². The van der Waals surface area contributed by atoms with Gasteiger partial charge in [-0.05, 0) is 48.2 Å². The highest BCUT2D eigenvalue weighted by molar-refractivity contribution is 6.31. The average molecular weight is 371 g/mol. The van der Waals surface area contributed by atoms with Crippen LogP contribution in [0.25, 0.3) is 0 Å². The maximum Gasteiger partial charge on any atom is 0.224 e. The predicted octanol–water partition coefficient (Wildman–Crippen LogP) is 4.60. The summed E-state index contributed by atoms with van der Waals surface area (Å²) >= 11 is 6.24. The molecule has 138 valence electrons. The molecule has 1 aliphatic carbocycles. The lowest BCUT2D eigenvalue weighted by Crippen LogP contribution is -2.25. The molecule has 0 radical (unpaired) electrons. The molecule has 2 aromatic rings. The van der Waals surface area contributed by atoms with Gasteiger partial charge in [-0.15, -0.1) is 0 Å². The number of benzene rings is 2. The Morgan fingerprint density at radius 2 is 1.73 bits per heavy atom. The third-order valence-corrected chi connectivity index (χ3v) is 5.57. The Morgan fingerprint density at radius 1 is 1.08 bits per heavy atom. The number of hydrogen-bond donors (Lipinski definition) is 1. The van der Waals surface area contributed by atoms with Crippen molar-refractivity contribution in [3.63, 3.8) is 0 Å². The number of halogens is 1. The van der Waals surface area contributed by atoms with E-state index in [0.717, 1.165) is 42.2 Å². The van der Waals surface area contributed by atoms with Crippen molar-refractivity contribution in [3.05, 3.63) is 70.2 Å². The van der Waals surface area contributed by atoms with E-state index in [-0.39, 0.29) is 17.7 Å². The molecule has 0 bridgehead atoms. The van der Waals surface area contributed by atoms with Crippen molar-refractivity contribution in [2.45, 2.75) is 39.3 Å². The normalized spacial score (nSPS) is 18.8. The third kappa shape index (κ3) is 4.66. The summed E-state index contributed by atoms with van der Waals surface area (Å²) in [6.07, 6.45) is 0.887. The topological polar surface area (TPSA) is 32.3 Å². The molecule has 1 N–H and O–H groups in total. The summed E-state index contributed by atoms with van der Waals surface area (Å²) in [5.41, 5.74) is 3.54. The van der Waals surface area contributed by atoms with E-state index in [4.69, 9.17) is 11.6 Å². The molecule has 1 fully saturated rings. The van der Waals surface area contributed by atoms with Gasteiger partial charge in [0.15, 0.2) is 0 Å². The molecular weight excluding hydrogens is 344 g/mol. The SMILES string of the molecule is CCN(CC)Cc1ccc(CNC(=O)C2CC2c2ccccc2Cl)cc1. The first-order chi connectivity index (χ1) is 12.6. The van der Waals surface area contributed by atoms with Gasteiger partial charge < -0.3 is 5.32 Å². The van der Waals surface area contributed by atoms with Crippen LogP contribution in [0.3, 0.4) is 0 Å². The van der Waals surface area contributed by atoms with Crippen LogP contribution in [0.15, 0.2) is 48.5 Å². The first kappa shape index (κ1) is 18.9. The molecule has 0 aromatic heterocycles. The minimum atomic E-state index is 0.0526. The second-order valence-electron chi connectivity index (χ2n) is 6.97. The molecule has 0 aliphatic heterocycles. The maximum atomic E-state index is 12.4. The summed E-state index contributed by atoms with van der Waals surface area (Å²) in [5.74, 6) is 0.444. The molecule has 0 heterocycles. The molecule has 1 amide bonds. The highest BCUT2D eigenvalue weighted by Gasteiger charge is 2.44. The number of carbonyl (C=O) groups is 1. The lowest BCUT2D eigenvalue weighted by atomic mass is 10.1. The molecule has 26 heavy (non-hydrogen) atoms. The predicted molar refractivity (Wildman–Crippen MR) is 107 cm³/mol. The fraction of sp³-hybridized carbons (Fsp3) is 0.409. The number of nitrogens with one attached hydrogen (secondary N) is 1. The van der Waals surface area contributed by atoms with E-state index in [0.29, 0.717) is 6.54 Å². The van der Waals surface area contributed by atoms with Gasteiger partial charge in [0.05, 0.1) is 0 Å². The number of carbonyl (C=O) groups excluding carboxylic acids is 1. The lowest BCUT2D eigenvalue weighted by Gasteiger charge is -2.18. The van der Waals surface area contributed by atoms with Crippen molar-refractivity contribution in [2.24, 2.45) is 5.92 Å². The molecule has 3 rings (SSSR count). The third-order valence-electron chi connectivity index (χ3n) is 5.22. The molecule has 2 aromatic carbocycles. The van der Waals surface area contributed by atoms with Crippen LogP contribution in [0.1, 0.15) is 42.9 Å². The van der Waals surface area contributed by atoms with E-state index >= 15 is 0 Å². The van der Waals surface area contributed by atoms with Crippen molar-refractivity contribution < 1.29 is 4.79 Å². The smallest absolute Gasteiger partial charge is 0.224 e. The van der Waals surface area contributed by atoms with Gasteiger partial charge in [0.1, 0.15) is 0 Å². The Hall–Kier alpha value is -1.84. The highest BCUT2D eigenvalue weighted by atomic mass is 35.5. The first-order valence-corrected chi connectivity index (χ1v) is 9.82. The molecule has 0 saturated heterocycles. The minimum absolute atomic E-state index is 0.0526. The zero-order valence-corrected chi connectivity index (χ0v) is 16.3. The lowest BCUT2D eigenvalue weighted by molar-refractivity contribution is -0.122. The molecule has 1 saturated carbocycles. The van der Waals surface area contributed by atoms with Crippen LogP contribution in [0, 0.1) is 5.92 Å². The molecule has 1 aliphatic rings. The van der Waals surface area contributed by atoms with Crippen molar-refractivity contribution in [3.8, 4) is 0 Å². The Morgan fingerprint density at radius 3 is 2.38 bits per heavy atom. The molecule has 2 atom stereocenters. The van der Waals surface area contributed by atoms with Gasteiger partial charge >= 0.3 is 0 Å². The molecule has 3 nitrogen and oxygen atoms in total. The Bertz CT molecular complexity index is 740. The summed E-state index contributed by atoms with van der Waals surface area (Å²) < 4.78 is 0. The van der Waals surface area contributed by atoms with Crippen LogP contribution in [-0.2, 0) is 17.9 Å². The molecule has 2 unspecified atom stereocenters. The number of hydrogen-bond acceptors (Lipinski definition) is 2. The van der Waals surface area contributed by atoms with Crippen LogP contribution in [0.5, 0.6) is 0 Å². The Kier molecular flexibility index (Phi) is 6.33. The van der Waals surface area contributed by atoms with Crippen LogP contribution in [-0.4, -0.2) is 23.9 Å². The van der Waals surface area contributed by atoms with Gasteiger partial charge in [-0.3, -0.25) is 9.69 Å². The fourth-order valence-corrected chi connectivity index (χ4v) is 3.67. The van der Waals surface area contributed by atoms with Crippen LogP contribution in [0.4, 0.5) is 0 Å². The van der Waals surface area contributed by atoms with E-state index < -0.39 is 0 Å². The molecule has 4 heteroatoms. The zero-order chi connectivity index (χ0) is 18.5. The quantitative estimate of drug-likeness (QED) is 0.736. The average Bonchev–Trinajstić information content (AvgIpc) is 3.46. The highest BCUT2D eigenvalue weighted by Crippen LogP contribution is 2.49. The molecule has 0 spiro atoms. The van der Waals surface area contributed by atoms with E-state index in [1.165, 1.54) is 5.56 Å². The monoisotopic (exact) mass is 370 g/mol.